The fourth-order valence-electron chi connectivity index (χ4n) is 2.40. The van der Waals surface area contributed by atoms with Crippen LogP contribution in [0, 0.1) is 5.92 Å². The fourth-order valence-corrected chi connectivity index (χ4v) is 2.40. The number of hydrogen-bond acceptors (Lipinski definition) is 3. The first-order valence-corrected chi connectivity index (χ1v) is 6.55. The summed E-state index contributed by atoms with van der Waals surface area (Å²) in [6.45, 7) is -1.44. The number of rotatable bonds is 5. The van der Waals surface area contributed by atoms with Gasteiger partial charge in [0.15, 0.2) is 0 Å². The predicted molar refractivity (Wildman–Crippen MR) is 68.8 cm³/mol. The monoisotopic (exact) mass is 285 g/mol. The van der Waals surface area contributed by atoms with Gasteiger partial charge in [-0.25, -0.2) is 0 Å². The van der Waals surface area contributed by atoms with Gasteiger partial charge in [-0.1, -0.05) is 0 Å². The molecule has 1 aromatic carbocycles. The molecule has 110 valence electrons. The first-order chi connectivity index (χ1) is 9.60. The number of benzene rings is 1. The highest BCUT2D eigenvalue weighted by molar-refractivity contribution is 5.94. The van der Waals surface area contributed by atoms with E-state index in [1.807, 2.05) is 0 Å². The number of nitrogens with zero attached hydrogens (tertiary/aromatic N) is 1. The van der Waals surface area contributed by atoms with Crippen LogP contribution in [0.5, 0.6) is 5.75 Å². The molecule has 0 aliphatic carbocycles. The molecule has 1 atom stereocenters. The highest BCUT2D eigenvalue weighted by atomic mass is 19.3. The van der Waals surface area contributed by atoms with E-state index < -0.39 is 6.61 Å². The van der Waals surface area contributed by atoms with Crippen LogP contribution >= 0.6 is 0 Å². The Morgan fingerprint density at radius 2 is 2.10 bits per heavy atom. The number of aliphatic hydroxyl groups is 1. The van der Waals surface area contributed by atoms with Crippen LogP contribution in [0.25, 0.3) is 0 Å². The van der Waals surface area contributed by atoms with E-state index in [0.717, 1.165) is 6.42 Å². The molecule has 0 radical (unpaired) electrons. The van der Waals surface area contributed by atoms with Gasteiger partial charge in [0.2, 0.25) is 0 Å². The Balaban J connectivity index is 1.96. The van der Waals surface area contributed by atoms with Crippen molar-refractivity contribution in [2.45, 2.75) is 19.5 Å². The molecular weight excluding hydrogens is 268 g/mol. The lowest BCUT2D eigenvalue weighted by molar-refractivity contribution is -0.0498. The van der Waals surface area contributed by atoms with Crippen molar-refractivity contribution in [2.24, 2.45) is 5.92 Å². The van der Waals surface area contributed by atoms with Gasteiger partial charge in [-0.05, 0) is 43.0 Å². The molecule has 1 aliphatic rings. The van der Waals surface area contributed by atoms with Crippen LogP contribution in [0.3, 0.4) is 0 Å². The van der Waals surface area contributed by atoms with Crippen molar-refractivity contribution < 1.29 is 23.4 Å². The molecule has 4 nitrogen and oxygen atoms in total. The average Bonchev–Trinajstić information content (AvgIpc) is 2.87. The van der Waals surface area contributed by atoms with Crippen LogP contribution in [-0.4, -0.2) is 42.2 Å². The van der Waals surface area contributed by atoms with Crippen molar-refractivity contribution in [1.29, 1.82) is 0 Å². The van der Waals surface area contributed by atoms with Crippen molar-refractivity contribution in [2.75, 3.05) is 19.7 Å². The van der Waals surface area contributed by atoms with E-state index in [1.165, 1.54) is 24.3 Å². The smallest absolute Gasteiger partial charge is 0.387 e. The Hall–Kier alpha value is -1.69. The number of carbonyl (C=O) groups excluding carboxylic acids is 1. The SMILES string of the molecule is O=C(c1ccc(OC(F)F)cc1)N1CCC(CCO)C1. The average molecular weight is 285 g/mol. The molecule has 1 heterocycles. The van der Waals surface area contributed by atoms with Gasteiger partial charge in [-0.2, -0.15) is 8.78 Å². The second-order valence-corrected chi connectivity index (χ2v) is 4.82. The lowest BCUT2D eigenvalue weighted by atomic mass is 10.1. The molecule has 1 amide bonds. The number of halogens is 2. The Morgan fingerprint density at radius 3 is 2.70 bits per heavy atom. The molecule has 6 heteroatoms. The minimum Gasteiger partial charge on any atom is -0.435 e. The molecule has 2 rings (SSSR count). The zero-order valence-electron chi connectivity index (χ0n) is 11.0. The molecule has 1 saturated heterocycles. The predicted octanol–water partition coefficient (Wildman–Crippen LogP) is 2.13. The number of alkyl halides is 2. The number of amides is 1. The molecule has 1 fully saturated rings. The van der Waals surface area contributed by atoms with E-state index in [2.05, 4.69) is 4.74 Å². The summed E-state index contributed by atoms with van der Waals surface area (Å²) in [4.78, 5) is 13.9. The number of likely N-dealkylation sites (tertiary alicyclic amines) is 1. The molecule has 0 spiro atoms. The van der Waals surface area contributed by atoms with Crippen LogP contribution in [0.15, 0.2) is 24.3 Å². The number of hydrogen-bond donors (Lipinski definition) is 1. The fraction of sp³-hybridized carbons (Fsp3) is 0.500. The molecule has 0 saturated carbocycles. The summed E-state index contributed by atoms with van der Waals surface area (Å²) in [7, 11) is 0. The standard InChI is InChI=1S/C14H17F2NO3/c15-14(16)20-12-3-1-11(2-4-12)13(19)17-7-5-10(9-17)6-8-18/h1-4,10,14,18H,5-9H2. The van der Waals surface area contributed by atoms with E-state index in [1.54, 1.807) is 4.90 Å². The third-order valence-electron chi connectivity index (χ3n) is 3.44. The summed E-state index contributed by atoms with van der Waals surface area (Å²) in [5.74, 6) is 0.260. The Labute approximate surface area is 116 Å². The summed E-state index contributed by atoms with van der Waals surface area (Å²) in [5, 5.41) is 8.89. The van der Waals surface area contributed by atoms with Crippen LogP contribution in [0.4, 0.5) is 8.78 Å². The van der Waals surface area contributed by atoms with Gasteiger partial charge in [0.05, 0.1) is 0 Å². The van der Waals surface area contributed by atoms with E-state index in [-0.39, 0.29) is 18.3 Å². The van der Waals surface area contributed by atoms with Crippen molar-refractivity contribution in [3.05, 3.63) is 29.8 Å². The van der Waals surface area contributed by atoms with Crippen molar-refractivity contribution in [3.8, 4) is 5.75 Å². The van der Waals surface area contributed by atoms with Gasteiger partial charge in [0, 0.05) is 25.3 Å². The Morgan fingerprint density at radius 1 is 1.40 bits per heavy atom. The Kier molecular flexibility index (Phi) is 4.89. The van der Waals surface area contributed by atoms with E-state index >= 15 is 0 Å². The highest BCUT2D eigenvalue weighted by Crippen LogP contribution is 2.22. The normalized spacial score (nSPS) is 18.6. The molecule has 1 N–H and O–H groups in total. The van der Waals surface area contributed by atoms with E-state index in [4.69, 9.17) is 5.11 Å². The van der Waals surface area contributed by atoms with Gasteiger partial charge in [0.25, 0.3) is 5.91 Å². The lowest BCUT2D eigenvalue weighted by Crippen LogP contribution is -2.28. The molecular formula is C14H17F2NO3. The number of aliphatic hydroxyl groups excluding tert-OH is 1. The maximum Gasteiger partial charge on any atom is 0.387 e. The van der Waals surface area contributed by atoms with E-state index in [0.29, 0.717) is 31.0 Å². The second kappa shape index (κ2) is 6.65. The second-order valence-electron chi connectivity index (χ2n) is 4.82. The van der Waals surface area contributed by atoms with Crippen LogP contribution < -0.4 is 4.74 Å². The molecule has 0 aromatic heterocycles. The van der Waals surface area contributed by atoms with Crippen molar-refractivity contribution in [3.63, 3.8) is 0 Å². The molecule has 0 bridgehead atoms. The minimum atomic E-state index is -2.87. The molecule has 1 aliphatic heterocycles. The summed E-state index contributed by atoms with van der Waals surface area (Å²) in [6.07, 6.45) is 1.59. The topological polar surface area (TPSA) is 49.8 Å². The van der Waals surface area contributed by atoms with E-state index in [9.17, 15) is 13.6 Å². The minimum absolute atomic E-state index is 0.0381. The third kappa shape index (κ3) is 3.66. The number of ether oxygens (including phenoxy) is 1. The summed E-state index contributed by atoms with van der Waals surface area (Å²) in [6, 6.07) is 5.69. The van der Waals surface area contributed by atoms with Gasteiger partial charge in [-0.15, -0.1) is 0 Å². The van der Waals surface area contributed by atoms with Crippen LogP contribution in [0.2, 0.25) is 0 Å². The van der Waals surface area contributed by atoms with Crippen LogP contribution in [-0.2, 0) is 0 Å². The van der Waals surface area contributed by atoms with Crippen molar-refractivity contribution >= 4 is 5.91 Å². The summed E-state index contributed by atoms with van der Waals surface area (Å²) in [5.41, 5.74) is 0.455. The summed E-state index contributed by atoms with van der Waals surface area (Å²) >= 11 is 0. The van der Waals surface area contributed by atoms with Crippen LogP contribution in [0.1, 0.15) is 23.2 Å². The molecule has 1 unspecified atom stereocenters. The Bertz CT molecular complexity index is 450. The van der Waals surface area contributed by atoms with Gasteiger partial charge < -0.3 is 14.7 Å². The number of carbonyl (C=O) groups is 1. The lowest BCUT2D eigenvalue weighted by Gasteiger charge is -2.16. The summed E-state index contributed by atoms with van der Waals surface area (Å²) < 4.78 is 28.3. The van der Waals surface area contributed by atoms with Gasteiger partial charge in [0.1, 0.15) is 5.75 Å². The third-order valence-corrected chi connectivity index (χ3v) is 3.44. The zero-order chi connectivity index (χ0) is 14.5. The first-order valence-electron chi connectivity index (χ1n) is 6.55. The maximum absolute atomic E-state index is 12.2. The maximum atomic E-state index is 12.2. The van der Waals surface area contributed by atoms with Gasteiger partial charge >= 0.3 is 6.61 Å². The molecule has 20 heavy (non-hydrogen) atoms. The zero-order valence-corrected chi connectivity index (χ0v) is 11.0. The highest BCUT2D eigenvalue weighted by Gasteiger charge is 2.26. The van der Waals surface area contributed by atoms with Gasteiger partial charge in [-0.3, -0.25) is 4.79 Å². The largest absolute Gasteiger partial charge is 0.435 e. The van der Waals surface area contributed by atoms with Crippen molar-refractivity contribution in [1.82, 2.24) is 4.90 Å². The quantitative estimate of drug-likeness (QED) is 0.901. The first kappa shape index (κ1) is 14.7. The molecule has 1 aromatic rings.